The van der Waals surface area contributed by atoms with Crippen molar-refractivity contribution in [3.63, 3.8) is 0 Å². The number of rotatable bonds is 9. The lowest BCUT2D eigenvalue weighted by atomic mass is 10.1. The molecule has 0 atom stereocenters. The van der Waals surface area contributed by atoms with E-state index in [0.717, 1.165) is 39.4 Å². The minimum Gasteiger partial charge on any atom is -0.497 e. The number of fused-ring (bicyclic) bond motifs is 2. The van der Waals surface area contributed by atoms with Gasteiger partial charge in [-0.15, -0.1) is 0 Å². The number of aromatic nitrogens is 1. The van der Waals surface area contributed by atoms with Gasteiger partial charge in [-0.3, -0.25) is 10.2 Å². The van der Waals surface area contributed by atoms with E-state index in [1.165, 1.54) is 16.8 Å². The van der Waals surface area contributed by atoms with Crippen LogP contribution in [0.3, 0.4) is 0 Å². The van der Waals surface area contributed by atoms with Crippen molar-refractivity contribution < 1.29 is 19.0 Å². The predicted octanol–water partition coefficient (Wildman–Crippen LogP) is 5.74. The number of aliphatic imine (C=N–C) groups is 1. The fraction of sp³-hybridized carbons (Fsp3) is 0.161. The molecule has 0 spiro atoms. The topological polar surface area (TPSA) is 102 Å². The second kappa shape index (κ2) is 11.3. The van der Waals surface area contributed by atoms with Gasteiger partial charge in [0.05, 0.1) is 19.2 Å². The predicted molar refractivity (Wildman–Crippen MR) is 162 cm³/mol. The maximum absolute atomic E-state index is 13.1. The van der Waals surface area contributed by atoms with Crippen LogP contribution in [0, 0.1) is 12.3 Å². The molecule has 1 aromatic heterocycles. The molecule has 1 N–H and O–H groups in total. The first-order valence-corrected chi connectivity index (χ1v) is 13.8. The zero-order valence-corrected chi connectivity index (χ0v) is 23.4. The number of nitrogens with one attached hydrogen (secondary N) is 1. The molecule has 6 rings (SSSR count). The highest BCUT2D eigenvalue weighted by Gasteiger charge is 2.36. The van der Waals surface area contributed by atoms with Crippen LogP contribution in [0.2, 0.25) is 0 Å². The number of benzene rings is 3. The Morgan fingerprint density at radius 2 is 1.63 bits per heavy atom. The molecule has 0 saturated carbocycles. The van der Waals surface area contributed by atoms with Gasteiger partial charge >= 0.3 is 0 Å². The summed E-state index contributed by atoms with van der Waals surface area (Å²) in [5.41, 5.74) is 3.02. The van der Waals surface area contributed by atoms with Crippen LogP contribution in [-0.2, 0) is 11.3 Å². The summed E-state index contributed by atoms with van der Waals surface area (Å²) in [5, 5.41) is 16.7. The zero-order chi connectivity index (χ0) is 28.3. The summed E-state index contributed by atoms with van der Waals surface area (Å²) in [7, 11) is 1.63. The third-order valence-corrected chi connectivity index (χ3v) is 7.70. The Balaban J connectivity index is 1.23. The largest absolute Gasteiger partial charge is 0.497 e. The fourth-order valence-corrected chi connectivity index (χ4v) is 5.55. The highest BCUT2D eigenvalue weighted by Crippen LogP contribution is 2.32. The molecule has 0 fully saturated rings. The van der Waals surface area contributed by atoms with Crippen LogP contribution in [0.25, 0.3) is 17.0 Å². The number of hydrazone groups is 1. The normalized spacial score (nSPS) is 15.7. The van der Waals surface area contributed by atoms with Crippen LogP contribution in [0.5, 0.6) is 17.2 Å². The van der Waals surface area contributed by atoms with Crippen molar-refractivity contribution in [3.8, 4) is 17.2 Å². The van der Waals surface area contributed by atoms with Gasteiger partial charge in [0, 0.05) is 22.2 Å². The summed E-state index contributed by atoms with van der Waals surface area (Å²) in [4.78, 5) is 17.4. The lowest BCUT2D eigenvalue weighted by molar-refractivity contribution is -0.114. The second-order valence-corrected chi connectivity index (χ2v) is 10.3. The van der Waals surface area contributed by atoms with E-state index in [9.17, 15) is 4.79 Å². The van der Waals surface area contributed by atoms with Crippen LogP contribution in [0.4, 0.5) is 0 Å². The van der Waals surface area contributed by atoms with E-state index in [4.69, 9.17) is 19.6 Å². The van der Waals surface area contributed by atoms with E-state index in [0.29, 0.717) is 23.4 Å². The van der Waals surface area contributed by atoms with Crippen LogP contribution in [0.15, 0.2) is 94.5 Å². The van der Waals surface area contributed by atoms with E-state index in [1.54, 1.807) is 13.2 Å². The van der Waals surface area contributed by atoms with Gasteiger partial charge in [0.15, 0.2) is 5.84 Å². The number of carbonyl (C=O) groups is 1. The minimum absolute atomic E-state index is 0.0127. The Morgan fingerprint density at radius 1 is 0.927 bits per heavy atom. The Kier molecular flexibility index (Phi) is 7.30. The first kappa shape index (κ1) is 26.4. The number of amidine groups is 2. The summed E-state index contributed by atoms with van der Waals surface area (Å²) in [6.07, 6.45) is 1.75. The van der Waals surface area contributed by atoms with Crippen LogP contribution in [-0.4, -0.2) is 51.9 Å². The standard InChI is InChI=1S/C31H27N5O4S/c1-20-25(24-10-6-7-11-27(24)35(20)16-17-39-23-14-12-21(38-2)13-15-23)18-26-29(32)36-31(33-30(26)37)41-28(34-36)19-40-22-8-4-3-5-9-22/h3-15,18,32H,16-17,19H2,1-2H3/b26-18-,32-29?. The average molecular weight is 566 g/mol. The molecule has 0 aliphatic carbocycles. The van der Waals surface area contributed by atoms with E-state index >= 15 is 0 Å². The Labute approximate surface area is 241 Å². The van der Waals surface area contributed by atoms with Crippen LogP contribution < -0.4 is 14.2 Å². The fourth-order valence-electron chi connectivity index (χ4n) is 4.75. The molecular weight excluding hydrogens is 538 g/mol. The van der Waals surface area contributed by atoms with Crippen molar-refractivity contribution in [1.29, 1.82) is 5.41 Å². The van der Waals surface area contributed by atoms with E-state index in [1.807, 2.05) is 85.8 Å². The minimum atomic E-state index is -0.465. The van der Waals surface area contributed by atoms with Crippen molar-refractivity contribution in [2.24, 2.45) is 10.1 Å². The Bertz CT molecular complexity index is 1720. The van der Waals surface area contributed by atoms with Crippen molar-refractivity contribution in [2.45, 2.75) is 13.5 Å². The molecule has 1 amide bonds. The summed E-state index contributed by atoms with van der Waals surface area (Å²) >= 11 is 1.24. The van der Waals surface area contributed by atoms with Gasteiger partial charge in [-0.1, -0.05) is 36.4 Å². The van der Waals surface area contributed by atoms with E-state index in [2.05, 4.69) is 14.7 Å². The van der Waals surface area contributed by atoms with E-state index < -0.39 is 5.91 Å². The molecule has 2 aliphatic heterocycles. The molecule has 0 saturated heterocycles. The van der Waals surface area contributed by atoms with E-state index in [-0.39, 0.29) is 18.0 Å². The molecule has 10 heteroatoms. The van der Waals surface area contributed by atoms with Crippen molar-refractivity contribution >= 4 is 50.7 Å². The molecule has 2 aliphatic rings. The highest BCUT2D eigenvalue weighted by molar-refractivity contribution is 8.27. The summed E-state index contributed by atoms with van der Waals surface area (Å²) < 4.78 is 19.2. The van der Waals surface area contributed by atoms with Crippen molar-refractivity contribution in [2.75, 3.05) is 20.3 Å². The summed E-state index contributed by atoms with van der Waals surface area (Å²) in [6, 6.07) is 24.9. The average Bonchev–Trinajstić information content (AvgIpc) is 3.53. The lowest BCUT2D eigenvalue weighted by Gasteiger charge is -2.20. The van der Waals surface area contributed by atoms with Gasteiger partial charge in [-0.2, -0.15) is 15.1 Å². The molecule has 0 radical (unpaired) electrons. The number of nitrogens with zero attached hydrogens (tertiary/aromatic N) is 4. The first-order chi connectivity index (χ1) is 20.0. The van der Waals surface area contributed by atoms with Crippen LogP contribution in [0.1, 0.15) is 11.3 Å². The molecule has 41 heavy (non-hydrogen) atoms. The Morgan fingerprint density at radius 3 is 2.41 bits per heavy atom. The number of carbonyl (C=O) groups excluding carboxylic acids is 1. The number of ether oxygens (including phenoxy) is 3. The Hall–Kier alpha value is -4.83. The summed E-state index contributed by atoms with van der Waals surface area (Å²) in [6.45, 7) is 3.29. The SMILES string of the molecule is COc1ccc(OCCn2c(C)c(/C=C3/C(=N)N4N=C(COc5ccccc5)SC4=NC3=O)c3ccccc32)cc1. The molecule has 4 aromatic rings. The van der Waals surface area contributed by atoms with Gasteiger partial charge in [0.2, 0.25) is 5.17 Å². The first-order valence-electron chi connectivity index (χ1n) is 13.0. The third-order valence-electron chi connectivity index (χ3n) is 6.81. The molecule has 9 nitrogen and oxygen atoms in total. The molecule has 0 unspecified atom stereocenters. The monoisotopic (exact) mass is 565 g/mol. The quantitative estimate of drug-likeness (QED) is 0.260. The smallest absolute Gasteiger partial charge is 0.283 e. The highest BCUT2D eigenvalue weighted by atomic mass is 32.2. The molecule has 3 heterocycles. The number of para-hydroxylation sites is 2. The molecular formula is C31H27N5O4S. The van der Waals surface area contributed by atoms with Gasteiger partial charge in [0.25, 0.3) is 5.91 Å². The van der Waals surface area contributed by atoms with Crippen LogP contribution >= 0.6 is 11.8 Å². The number of thioether (sulfide) groups is 1. The lowest BCUT2D eigenvalue weighted by Crippen LogP contribution is -2.35. The van der Waals surface area contributed by atoms with Gasteiger partial charge in [0.1, 0.15) is 35.5 Å². The maximum atomic E-state index is 13.1. The number of hydrogen-bond donors (Lipinski definition) is 1. The number of amides is 1. The zero-order valence-electron chi connectivity index (χ0n) is 22.5. The maximum Gasteiger partial charge on any atom is 0.283 e. The molecule has 206 valence electrons. The molecule has 3 aromatic carbocycles. The van der Waals surface area contributed by atoms with Gasteiger partial charge in [-0.05, 0) is 67.2 Å². The van der Waals surface area contributed by atoms with Gasteiger partial charge in [-0.25, -0.2) is 0 Å². The molecule has 0 bridgehead atoms. The number of hydrogen-bond acceptors (Lipinski definition) is 7. The van der Waals surface area contributed by atoms with Crippen molar-refractivity contribution in [1.82, 2.24) is 9.58 Å². The third kappa shape index (κ3) is 5.33. The second-order valence-electron chi connectivity index (χ2n) is 9.31. The number of methoxy groups -OCH3 is 1. The van der Waals surface area contributed by atoms with Crippen molar-refractivity contribution in [3.05, 3.63) is 95.7 Å². The summed E-state index contributed by atoms with van der Waals surface area (Å²) in [5.74, 6) is 1.77. The van der Waals surface area contributed by atoms with Gasteiger partial charge < -0.3 is 18.8 Å².